The Kier molecular flexibility index (Phi) is 7.58. The van der Waals surface area contributed by atoms with Gasteiger partial charge >= 0.3 is 0 Å². The molecule has 0 aliphatic carbocycles. The Hall–Kier alpha value is -2.23. The number of nitrogens with one attached hydrogen (secondary N) is 3. The van der Waals surface area contributed by atoms with Gasteiger partial charge in [-0.15, -0.1) is 11.3 Å². The van der Waals surface area contributed by atoms with Gasteiger partial charge in [0.25, 0.3) is 5.91 Å². The maximum atomic E-state index is 12.3. The SMILES string of the molecule is CCCCc1ccc(NC(=S)NNC(=O)c2csc(N3CCOCC3)n2)cc1. The van der Waals surface area contributed by atoms with E-state index in [-0.39, 0.29) is 5.91 Å². The zero-order valence-electron chi connectivity index (χ0n) is 15.9. The number of carbonyl (C=O) groups excluding carboxylic acids is 1. The smallest absolute Gasteiger partial charge is 0.289 e. The Morgan fingerprint density at radius 1 is 1.25 bits per heavy atom. The number of aryl methyl sites for hydroxylation is 1. The number of nitrogens with zero attached hydrogens (tertiary/aromatic N) is 2. The highest BCUT2D eigenvalue weighted by Gasteiger charge is 2.17. The van der Waals surface area contributed by atoms with Gasteiger partial charge in [0, 0.05) is 24.2 Å². The van der Waals surface area contributed by atoms with E-state index < -0.39 is 0 Å². The quantitative estimate of drug-likeness (QED) is 0.491. The molecule has 0 unspecified atom stereocenters. The molecular weight excluding hydrogens is 394 g/mol. The summed E-state index contributed by atoms with van der Waals surface area (Å²) in [6, 6.07) is 8.13. The van der Waals surface area contributed by atoms with Gasteiger partial charge in [0.1, 0.15) is 5.69 Å². The first kappa shape index (κ1) is 20.5. The van der Waals surface area contributed by atoms with Gasteiger partial charge in [-0.2, -0.15) is 0 Å². The minimum absolute atomic E-state index is 0.318. The first-order valence-electron chi connectivity index (χ1n) is 9.40. The van der Waals surface area contributed by atoms with Crippen molar-refractivity contribution in [1.82, 2.24) is 15.8 Å². The van der Waals surface area contributed by atoms with E-state index in [1.807, 2.05) is 12.1 Å². The van der Waals surface area contributed by atoms with Gasteiger partial charge in [0.05, 0.1) is 13.2 Å². The standard InChI is InChI=1S/C19H25N5O2S2/c1-2-3-4-14-5-7-15(8-6-14)20-18(27)23-22-17(25)16-13-28-19(21-16)24-9-11-26-12-10-24/h5-8,13H,2-4,9-12H2,1H3,(H,22,25)(H2,20,23,27). The normalized spacial score (nSPS) is 13.8. The summed E-state index contributed by atoms with van der Waals surface area (Å²) in [5.41, 5.74) is 7.84. The number of rotatable bonds is 6. The van der Waals surface area contributed by atoms with Crippen molar-refractivity contribution >= 4 is 45.4 Å². The number of thiazole rings is 1. The van der Waals surface area contributed by atoms with E-state index in [1.54, 1.807) is 5.38 Å². The number of aromatic nitrogens is 1. The van der Waals surface area contributed by atoms with Crippen molar-refractivity contribution in [1.29, 1.82) is 0 Å². The van der Waals surface area contributed by atoms with E-state index in [0.717, 1.165) is 30.3 Å². The Morgan fingerprint density at radius 3 is 2.71 bits per heavy atom. The fraction of sp³-hybridized carbons (Fsp3) is 0.421. The molecule has 1 aromatic carbocycles. The van der Waals surface area contributed by atoms with Crippen LogP contribution in [0.2, 0.25) is 0 Å². The van der Waals surface area contributed by atoms with E-state index in [1.165, 1.54) is 29.7 Å². The lowest BCUT2D eigenvalue weighted by atomic mass is 10.1. The van der Waals surface area contributed by atoms with Gasteiger partial charge in [-0.25, -0.2) is 4.98 Å². The number of unbranched alkanes of at least 4 members (excludes halogenated alkanes) is 1. The molecule has 0 radical (unpaired) electrons. The predicted octanol–water partition coefficient (Wildman–Crippen LogP) is 2.95. The summed E-state index contributed by atoms with van der Waals surface area (Å²) < 4.78 is 5.34. The first-order valence-corrected chi connectivity index (χ1v) is 10.7. The molecule has 1 aliphatic rings. The molecule has 1 aromatic heterocycles. The summed E-state index contributed by atoms with van der Waals surface area (Å²) in [5, 5.41) is 5.95. The molecular formula is C19H25N5O2S2. The third-order valence-electron chi connectivity index (χ3n) is 4.33. The van der Waals surface area contributed by atoms with Gasteiger partial charge in [0.2, 0.25) is 0 Å². The van der Waals surface area contributed by atoms with Crippen molar-refractivity contribution in [2.24, 2.45) is 0 Å². The van der Waals surface area contributed by atoms with E-state index in [0.29, 0.717) is 24.0 Å². The number of thiocarbonyl (C=S) groups is 1. The summed E-state index contributed by atoms with van der Waals surface area (Å²) in [4.78, 5) is 18.8. The second-order valence-electron chi connectivity index (χ2n) is 6.45. The van der Waals surface area contributed by atoms with Crippen LogP contribution in [0.5, 0.6) is 0 Å². The number of benzene rings is 1. The highest BCUT2D eigenvalue weighted by atomic mass is 32.1. The molecule has 0 atom stereocenters. The molecule has 2 aromatic rings. The molecule has 9 heteroatoms. The maximum absolute atomic E-state index is 12.3. The molecule has 0 saturated carbocycles. The minimum atomic E-state index is -0.324. The van der Waals surface area contributed by atoms with Crippen LogP contribution in [0.4, 0.5) is 10.8 Å². The van der Waals surface area contributed by atoms with Crippen molar-refractivity contribution in [3.8, 4) is 0 Å². The molecule has 150 valence electrons. The Bertz CT molecular complexity index is 788. The topological polar surface area (TPSA) is 78.5 Å². The summed E-state index contributed by atoms with van der Waals surface area (Å²) in [6.07, 6.45) is 3.44. The van der Waals surface area contributed by atoms with Crippen LogP contribution in [0.25, 0.3) is 0 Å². The van der Waals surface area contributed by atoms with Crippen molar-refractivity contribution in [2.45, 2.75) is 26.2 Å². The molecule has 0 bridgehead atoms. The number of hydrazine groups is 1. The molecule has 1 saturated heterocycles. The third kappa shape index (κ3) is 5.88. The summed E-state index contributed by atoms with van der Waals surface area (Å²) in [5.74, 6) is -0.324. The highest BCUT2D eigenvalue weighted by Crippen LogP contribution is 2.21. The third-order valence-corrected chi connectivity index (χ3v) is 5.43. The van der Waals surface area contributed by atoms with Gasteiger partial charge < -0.3 is 15.0 Å². The predicted molar refractivity (Wildman–Crippen MR) is 117 cm³/mol. The number of amides is 1. The maximum Gasteiger partial charge on any atom is 0.289 e. The number of hydrogen-bond donors (Lipinski definition) is 3. The Morgan fingerprint density at radius 2 is 2.00 bits per heavy atom. The van der Waals surface area contributed by atoms with Gasteiger partial charge in [0.15, 0.2) is 10.2 Å². The summed E-state index contributed by atoms with van der Waals surface area (Å²) in [7, 11) is 0. The average molecular weight is 420 g/mol. The molecule has 0 spiro atoms. The zero-order valence-corrected chi connectivity index (χ0v) is 17.5. The van der Waals surface area contributed by atoms with E-state index >= 15 is 0 Å². The lowest BCUT2D eigenvalue weighted by Gasteiger charge is -2.25. The second kappa shape index (κ2) is 10.4. The molecule has 1 aliphatic heterocycles. The van der Waals surface area contributed by atoms with Crippen LogP contribution in [0.15, 0.2) is 29.6 Å². The van der Waals surface area contributed by atoms with E-state index in [9.17, 15) is 4.79 Å². The van der Waals surface area contributed by atoms with Crippen LogP contribution in [0.3, 0.4) is 0 Å². The monoisotopic (exact) mass is 419 g/mol. The number of morpholine rings is 1. The molecule has 2 heterocycles. The van der Waals surface area contributed by atoms with E-state index in [4.69, 9.17) is 17.0 Å². The van der Waals surface area contributed by atoms with Crippen molar-refractivity contribution in [2.75, 3.05) is 36.5 Å². The van der Waals surface area contributed by atoms with Crippen LogP contribution in [0.1, 0.15) is 35.8 Å². The highest BCUT2D eigenvalue weighted by molar-refractivity contribution is 7.80. The first-order chi connectivity index (χ1) is 13.7. The zero-order chi connectivity index (χ0) is 19.8. The number of anilines is 2. The van der Waals surface area contributed by atoms with Crippen molar-refractivity contribution in [3.05, 3.63) is 40.9 Å². The Balaban J connectivity index is 1.45. The van der Waals surface area contributed by atoms with Crippen LogP contribution < -0.4 is 21.1 Å². The molecule has 3 N–H and O–H groups in total. The van der Waals surface area contributed by atoms with E-state index in [2.05, 4.69) is 45.1 Å². The fourth-order valence-corrected chi connectivity index (χ4v) is 3.77. The lowest BCUT2D eigenvalue weighted by Crippen LogP contribution is -2.44. The van der Waals surface area contributed by atoms with Crippen LogP contribution in [0, 0.1) is 0 Å². The molecule has 7 nitrogen and oxygen atoms in total. The van der Waals surface area contributed by atoms with Crippen molar-refractivity contribution < 1.29 is 9.53 Å². The molecule has 3 rings (SSSR count). The van der Waals surface area contributed by atoms with Gasteiger partial charge in [-0.3, -0.25) is 15.6 Å². The minimum Gasteiger partial charge on any atom is -0.378 e. The average Bonchev–Trinajstić information content (AvgIpc) is 3.22. The van der Waals surface area contributed by atoms with Crippen molar-refractivity contribution in [3.63, 3.8) is 0 Å². The molecule has 1 fully saturated rings. The number of hydrogen-bond acceptors (Lipinski definition) is 6. The Labute approximate surface area is 174 Å². The van der Waals surface area contributed by atoms with Gasteiger partial charge in [-0.1, -0.05) is 25.5 Å². The number of ether oxygens (including phenoxy) is 1. The molecule has 28 heavy (non-hydrogen) atoms. The largest absolute Gasteiger partial charge is 0.378 e. The molecule has 1 amide bonds. The van der Waals surface area contributed by atoms with Gasteiger partial charge in [-0.05, 0) is 42.8 Å². The second-order valence-corrected chi connectivity index (χ2v) is 7.69. The summed E-state index contributed by atoms with van der Waals surface area (Å²) in [6.45, 7) is 5.13. The van der Waals surface area contributed by atoms with Crippen LogP contribution in [-0.4, -0.2) is 42.3 Å². The lowest BCUT2D eigenvalue weighted by molar-refractivity contribution is 0.0940. The number of carbonyl (C=O) groups is 1. The van der Waals surface area contributed by atoms with Crippen LogP contribution >= 0.6 is 23.6 Å². The fourth-order valence-electron chi connectivity index (χ4n) is 2.74. The van der Waals surface area contributed by atoms with Crippen LogP contribution in [-0.2, 0) is 11.2 Å². The summed E-state index contributed by atoms with van der Waals surface area (Å²) >= 11 is 6.69.